The highest BCUT2D eigenvalue weighted by atomic mass is 16.3. The Morgan fingerprint density at radius 2 is 2.00 bits per heavy atom. The van der Waals surface area contributed by atoms with Crippen molar-refractivity contribution < 1.29 is 9.90 Å². The van der Waals surface area contributed by atoms with Gasteiger partial charge in [0.1, 0.15) is 12.0 Å². The van der Waals surface area contributed by atoms with Gasteiger partial charge in [-0.3, -0.25) is 14.7 Å². The van der Waals surface area contributed by atoms with E-state index in [-0.39, 0.29) is 11.7 Å². The number of likely N-dealkylation sites (tertiary alicyclic amines) is 1. The second-order valence-corrected chi connectivity index (χ2v) is 4.58. The van der Waals surface area contributed by atoms with Crippen LogP contribution in [0, 0.1) is 5.92 Å². The first-order chi connectivity index (χ1) is 8.18. The van der Waals surface area contributed by atoms with E-state index < -0.39 is 6.23 Å². The summed E-state index contributed by atoms with van der Waals surface area (Å²) in [6.45, 7) is 3.20. The van der Waals surface area contributed by atoms with E-state index in [0.717, 1.165) is 31.5 Å². The summed E-state index contributed by atoms with van der Waals surface area (Å²) < 4.78 is 0. The molecule has 92 valence electrons. The smallest absolute Gasteiger partial charge is 0.133 e. The van der Waals surface area contributed by atoms with E-state index in [9.17, 15) is 9.90 Å². The minimum atomic E-state index is -0.578. The lowest BCUT2D eigenvalue weighted by molar-refractivity contribution is -0.123. The second-order valence-electron chi connectivity index (χ2n) is 4.58. The van der Waals surface area contributed by atoms with Crippen LogP contribution in [0.2, 0.25) is 0 Å². The van der Waals surface area contributed by atoms with Gasteiger partial charge < -0.3 is 5.11 Å². The molecule has 1 unspecified atom stereocenters. The summed E-state index contributed by atoms with van der Waals surface area (Å²) in [5.74, 6) is 0.443. The zero-order valence-electron chi connectivity index (χ0n) is 10.0. The molecule has 0 aliphatic carbocycles. The van der Waals surface area contributed by atoms with Crippen molar-refractivity contribution >= 4 is 5.78 Å². The number of rotatable bonds is 3. The minimum Gasteiger partial charge on any atom is -0.374 e. The highest BCUT2D eigenvalue weighted by molar-refractivity contribution is 5.78. The molecule has 17 heavy (non-hydrogen) atoms. The SMILES string of the molecule is CC(=O)C1CCN(C(O)c2ccncc2)CC1. The molecule has 1 aliphatic rings. The Morgan fingerprint density at radius 3 is 2.53 bits per heavy atom. The minimum absolute atomic E-state index is 0.177. The third-order valence-corrected chi connectivity index (χ3v) is 3.45. The fourth-order valence-electron chi connectivity index (χ4n) is 2.30. The lowest BCUT2D eigenvalue weighted by atomic mass is 9.93. The van der Waals surface area contributed by atoms with Crippen molar-refractivity contribution in [1.82, 2.24) is 9.88 Å². The van der Waals surface area contributed by atoms with Crippen molar-refractivity contribution in [1.29, 1.82) is 0 Å². The van der Waals surface area contributed by atoms with Crippen molar-refractivity contribution in [3.63, 3.8) is 0 Å². The van der Waals surface area contributed by atoms with Crippen LogP contribution >= 0.6 is 0 Å². The van der Waals surface area contributed by atoms with Gasteiger partial charge in [-0.25, -0.2) is 0 Å². The Hall–Kier alpha value is -1.26. The highest BCUT2D eigenvalue weighted by Crippen LogP contribution is 2.25. The first kappa shape index (κ1) is 12.2. The molecule has 1 aliphatic heterocycles. The van der Waals surface area contributed by atoms with Gasteiger partial charge in [-0.15, -0.1) is 0 Å². The predicted octanol–water partition coefficient (Wildman–Crippen LogP) is 1.37. The molecule has 1 N–H and O–H groups in total. The van der Waals surface area contributed by atoms with Crippen LogP contribution in [-0.2, 0) is 4.79 Å². The van der Waals surface area contributed by atoms with Gasteiger partial charge in [-0.05, 0) is 37.5 Å². The van der Waals surface area contributed by atoms with Crippen LogP contribution in [0.15, 0.2) is 24.5 Å². The topological polar surface area (TPSA) is 53.4 Å². The van der Waals surface area contributed by atoms with Gasteiger partial charge in [0, 0.05) is 31.4 Å². The number of hydrogen-bond acceptors (Lipinski definition) is 4. The van der Waals surface area contributed by atoms with Crippen molar-refractivity contribution in [2.75, 3.05) is 13.1 Å². The van der Waals surface area contributed by atoms with Gasteiger partial charge in [0.15, 0.2) is 0 Å². The number of aliphatic hydroxyl groups excluding tert-OH is 1. The number of ketones is 1. The van der Waals surface area contributed by atoms with E-state index in [0.29, 0.717) is 0 Å². The molecular formula is C13H18N2O2. The molecule has 4 heteroatoms. The average molecular weight is 234 g/mol. The first-order valence-corrected chi connectivity index (χ1v) is 6.01. The number of Topliss-reactive ketones (excluding diaryl/α,β-unsaturated/α-hetero) is 1. The fraction of sp³-hybridized carbons (Fsp3) is 0.538. The molecule has 0 radical (unpaired) electrons. The van der Waals surface area contributed by atoms with Gasteiger partial charge >= 0.3 is 0 Å². The largest absolute Gasteiger partial charge is 0.374 e. The molecule has 1 aromatic rings. The van der Waals surface area contributed by atoms with Gasteiger partial charge in [0.25, 0.3) is 0 Å². The van der Waals surface area contributed by atoms with E-state index >= 15 is 0 Å². The number of carbonyl (C=O) groups is 1. The number of aromatic nitrogens is 1. The maximum absolute atomic E-state index is 11.3. The summed E-state index contributed by atoms with van der Waals surface area (Å²) in [5, 5.41) is 10.2. The molecule has 0 amide bonds. The van der Waals surface area contributed by atoms with E-state index in [1.54, 1.807) is 19.3 Å². The predicted molar refractivity (Wildman–Crippen MR) is 64.2 cm³/mol. The molecule has 0 bridgehead atoms. The zero-order valence-corrected chi connectivity index (χ0v) is 10.0. The van der Waals surface area contributed by atoms with Gasteiger partial charge in [0.2, 0.25) is 0 Å². The average Bonchev–Trinajstić information content (AvgIpc) is 2.39. The molecule has 0 aromatic carbocycles. The van der Waals surface area contributed by atoms with Gasteiger partial charge in [0.05, 0.1) is 0 Å². The van der Waals surface area contributed by atoms with Crippen LogP contribution in [0.25, 0.3) is 0 Å². The number of carbonyl (C=O) groups excluding carboxylic acids is 1. The van der Waals surface area contributed by atoms with Crippen molar-refractivity contribution in [2.45, 2.75) is 26.0 Å². The molecule has 4 nitrogen and oxygen atoms in total. The third kappa shape index (κ3) is 2.90. The molecule has 2 rings (SSSR count). The fourth-order valence-corrected chi connectivity index (χ4v) is 2.30. The van der Waals surface area contributed by atoms with Gasteiger partial charge in [-0.1, -0.05) is 0 Å². The van der Waals surface area contributed by atoms with Gasteiger partial charge in [-0.2, -0.15) is 0 Å². The number of piperidine rings is 1. The highest BCUT2D eigenvalue weighted by Gasteiger charge is 2.26. The Balaban J connectivity index is 1.95. The Kier molecular flexibility index (Phi) is 3.86. The van der Waals surface area contributed by atoms with Crippen LogP contribution < -0.4 is 0 Å². The van der Waals surface area contributed by atoms with Crippen LogP contribution in [0.4, 0.5) is 0 Å². The summed E-state index contributed by atoms with van der Waals surface area (Å²) in [4.78, 5) is 17.2. The Morgan fingerprint density at radius 1 is 1.41 bits per heavy atom. The molecule has 1 saturated heterocycles. The quantitative estimate of drug-likeness (QED) is 0.858. The Labute approximate surface area is 101 Å². The molecule has 0 spiro atoms. The Bertz CT molecular complexity index is 372. The molecule has 1 atom stereocenters. The van der Waals surface area contributed by atoms with Crippen LogP contribution in [-0.4, -0.2) is 33.9 Å². The summed E-state index contributed by atoms with van der Waals surface area (Å²) in [7, 11) is 0. The number of pyridine rings is 1. The van der Waals surface area contributed by atoms with E-state index in [1.807, 2.05) is 17.0 Å². The third-order valence-electron chi connectivity index (χ3n) is 3.45. The van der Waals surface area contributed by atoms with Crippen LogP contribution in [0.5, 0.6) is 0 Å². The lowest BCUT2D eigenvalue weighted by Crippen LogP contribution is -2.38. The number of nitrogens with zero attached hydrogens (tertiary/aromatic N) is 2. The van der Waals surface area contributed by atoms with Crippen molar-refractivity contribution in [2.24, 2.45) is 5.92 Å². The van der Waals surface area contributed by atoms with Crippen molar-refractivity contribution in [3.05, 3.63) is 30.1 Å². The monoisotopic (exact) mass is 234 g/mol. The summed E-state index contributed by atoms with van der Waals surface area (Å²) in [6, 6.07) is 3.64. The molecule has 2 heterocycles. The van der Waals surface area contributed by atoms with Crippen LogP contribution in [0.3, 0.4) is 0 Å². The molecule has 1 aromatic heterocycles. The summed E-state index contributed by atoms with van der Waals surface area (Å²) in [5.41, 5.74) is 0.862. The van der Waals surface area contributed by atoms with E-state index in [1.165, 1.54) is 0 Å². The number of aliphatic hydroxyl groups is 1. The zero-order chi connectivity index (χ0) is 12.3. The first-order valence-electron chi connectivity index (χ1n) is 6.01. The van der Waals surface area contributed by atoms with E-state index in [2.05, 4.69) is 4.98 Å². The van der Waals surface area contributed by atoms with Crippen molar-refractivity contribution in [3.8, 4) is 0 Å². The molecular weight excluding hydrogens is 216 g/mol. The molecule has 1 fully saturated rings. The normalized spacial score (nSPS) is 20.1. The van der Waals surface area contributed by atoms with Crippen LogP contribution in [0.1, 0.15) is 31.6 Å². The maximum atomic E-state index is 11.3. The molecule has 0 saturated carbocycles. The maximum Gasteiger partial charge on any atom is 0.133 e. The summed E-state index contributed by atoms with van der Waals surface area (Å²) >= 11 is 0. The van der Waals surface area contributed by atoms with E-state index in [4.69, 9.17) is 0 Å². The second kappa shape index (κ2) is 5.38. The summed E-state index contributed by atoms with van der Waals surface area (Å²) in [6.07, 6.45) is 4.47. The lowest BCUT2D eigenvalue weighted by Gasteiger charge is -2.34. The standard InChI is InChI=1S/C13H18N2O2/c1-10(16)11-4-8-15(9-5-11)13(17)12-2-6-14-7-3-12/h2-3,6-7,11,13,17H,4-5,8-9H2,1H3. The number of hydrogen-bond donors (Lipinski definition) is 1.